The lowest BCUT2D eigenvalue weighted by Crippen LogP contribution is -2.33. The van der Waals surface area contributed by atoms with Gasteiger partial charge in [0.15, 0.2) is 0 Å². The summed E-state index contributed by atoms with van der Waals surface area (Å²) in [6.45, 7) is 4.25. The smallest absolute Gasteiger partial charge is 0.223 e. The predicted molar refractivity (Wildman–Crippen MR) is 56.1 cm³/mol. The van der Waals surface area contributed by atoms with Crippen LogP contribution in [-0.4, -0.2) is 28.8 Å². The van der Waals surface area contributed by atoms with E-state index < -0.39 is 5.60 Å². The first-order valence-corrected chi connectivity index (χ1v) is 4.83. The molecule has 5 nitrogen and oxygen atoms in total. The first kappa shape index (κ1) is 11.7. The van der Waals surface area contributed by atoms with E-state index in [-0.39, 0.29) is 5.91 Å². The lowest BCUT2D eigenvalue weighted by Gasteiger charge is -2.21. The van der Waals surface area contributed by atoms with E-state index in [1.807, 2.05) is 13.8 Å². The van der Waals surface area contributed by atoms with Gasteiger partial charge in [-0.1, -0.05) is 0 Å². The normalized spacial score (nSPS) is 11.4. The van der Waals surface area contributed by atoms with Crippen LogP contribution in [0.5, 0.6) is 0 Å². The number of hydrogen-bond acceptors (Lipinski definition) is 3. The highest BCUT2D eigenvalue weighted by molar-refractivity contribution is 5.76. The number of amides is 1. The first-order valence-electron chi connectivity index (χ1n) is 4.83. The number of carbonyl (C=O) groups excluding carboxylic acids is 1. The minimum absolute atomic E-state index is 0.0250. The van der Waals surface area contributed by atoms with E-state index in [1.54, 1.807) is 19.5 Å². The van der Waals surface area contributed by atoms with Crippen LogP contribution in [0.4, 0.5) is 0 Å². The van der Waals surface area contributed by atoms with Crippen molar-refractivity contribution in [3.8, 4) is 0 Å². The maximum atomic E-state index is 11.5. The summed E-state index contributed by atoms with van der Waals surface area (Å²) in [6, 6.07) is 0. The van der Waals surface area contributed by atoms with Crippen LogP contribution in [-0.2, 0) is 16.1 Å². The number of aromatic nitrogens is 2. The van der Waals surface area contributed by atoms with Crippen molar-refractivity contribution >= 4 is 5.91 Å². The maximum Gasteiger partial charge on any atom is 0.223 e. The van der Waals surface area contributed by atoms with Gasteiger partial charge in [-0.05, 0) is 13.8 Å². The summed E-state index contributed by atoms with van der Waals surface area (Å²) in [5.74, 6) is -0.0250. The summed E-state index contributed by atoms with van der Waals surface area (Å²) < 4.78 is 5.17. The fourth-order valence-electron chi connectivity index (χ4n) is 1.10. The summed E-state index contributed by atoms with van der Waals surface area (Å²) in [6.07, 6.45) is 3.78. The molecule has 2 N–H and O–H groups in total. The zero-order valence-corrected chi connectivity index (χ0v) is 9.33. The van der Waals surface area contributed by atoms with E-state index in [1.165, 1.54) is 0 Å². The van der Waals surface area contributed by atoms with Crippen molar-refractivity contribution in [2.24, 2.45) is 0 Å². The Morgan fingerprint density at radius 1 is 1.67 bits per heavy atom. The number of carbonyl (C=O) groups is 1. The molecule has 0 saturated carbocycles. The molecular formula is C10H17N3O2. The van der Waals surface area contributed by atoms with E-state index in [0.717, 1.165) is 5.56 Å². The molecule has 15 heavy (non-hydrogen) atoms. The number of H-pyrrole nitrogens is 1. The Labute approximate surface area is 89.2 Å². The van der Waals surface area contributed by atoms with Crippen LogP contribution in [0.3, 0.4) is 0 Å². The van der Waals surface area contributed by atoms with Crippen LogP contribution in [0.2, 0.25) is 0 Å². The standard InChI is InChI=1S/C10H17N3O2/c1-10(2,15-3)4-9(14)11-5-8-6-12-13-7-8/h6-7H,4-5H2,1-3H3,(H,11,14)(H,12,13). The summed E-state index contributed by atoms with van der Waals surface area (Å²) in [5, 5.41) is 9.27. The van der Waals surface area contributed by atoms with Crippen molar-refractivity contribution < 1.29 is 9.53 Å². The third-order valence-electron chi connectivity index (χ3n) is 2.18. The molecular weight excluding hydrogens is 194 g/mol. The SMILES string of the molecule is COC(C)(C)CC(=O)NCc1cn[nH]c1. The maximum absolute atomic E-state index is 11.5. The van der Waals surface area contributed by atoms with Gasteiger partial charge in [0.1, 0.15) is 0 Å². The quantitative estimate of drug-likeness (QED) is 0.758. The zero-order chi connectivity index (χ0) is 11.3. The molecule has 0 saturated heterocycles. The molecule has 0 aliphatic heterocycles. The molecule has 0 aromatic carbocycles. The van der Waals surface area contributed by atoms with Gasteiger partial charge in [0.2, 0.25) is 5.91 Å². The largest absolute Gasteiger partial charge is 0.378 e. The average Bonchev–Trinajstić information content (AvgIpc) is 2.66. The Balaban J connectivity index is 2.31. The second-order valence-corrected chi connectivity index (χ2v) is 4.02. The minimum atomic E-state index is -0.416. The number of nitrogens with one attached hydrogen (secondary N) is 2. The van der Waals surface area contributed by atoms with Gasteiger partial charge < -0.3 is 10.1 Å². The average molecular weight is 211 g/mol. The minimum Gasteiger partial charge on any atom is -0.378 e. The van der Waals surface area contributed by atoms with Gasteiger partial charge >= 0.3 is 0 Å². The third-order valence-corrected chi connectivity index (χ3v) is 2.18. The molecule has 84 valence electrons. The molecule has 1 amide bonds. The molecule has 0 bridgehead atoms. The van der Waals surface area contributed by atoms with E-state index in [0.29, 0.717) is 13.0 Å². The van der Waals surface area contributed by atoms with Gasteiger partial charge in [-0.15, -0.1) is 0 Å². The Hall–Kier alpha value is -1.36. The number of aromatic amines is 1. The number of ether oxygens (including phenoxy) is 1. The van der Waals surface area contributed by atoms with Crippen molar-refractivity contribution in [2.45, 2.75) is 32.4 Å². The fourth-order valence-corrected chi connectivity index (χ4v) is 1.10. The predicted octanol–water partition coefficient (Wildman–Crippen LogP) is 0.841. The van der Waals surface area contributed by atoms with Crippen LogP contribution in [0.15, 0.2) is 12.4 Å². The third kappa shape index (κ3) is 4.12. The van der Waals surface area contributed by atoms with Crippen molar-refractivity contribution in [1.82, 2.24) is 15.5 Å². The number of rotatable bonds is 5. The molecule has 0 unspecified atom stereocenters. The van der Waals surface area contributed by atoms with Gasteiger partial charge in [-0.3, -0.25) is 9.89 Å². The lowest BCUT2D eigenvalue weighted by atomic mass is 10.1. The van der Waals surface area contributed by atoms with Crippen molar-refractivity contribution in [2.75, 3.05) is 7.11 Å². The molecule has 5 heteroatoms. The Morgan fingerprint density at radius 3 is 2.93 bits per heavy atom. The second-order valence-electron chi connectivity index (χ2n) is 4.02. The van der Waals surface area contributed by atoms with Crippen molar-refractivity contribution in [3.05, 3.63) is 18.0 Å². The van der Waals surface area contributed by atoms with E-state index in [9.17, 15) is 4.79 Å². The summed E-state index contributed by atoms with van der Waals surface area (Å²) in [7, 11) is 1.60. The van der Waals surface area contributed by atoms with Gasteiger partial charge in [0, 0.05) is 25.4 Å². The Bertz CT molecular complexity index is 306. The molecule has 0 atom stereocenters. The monoisotopic (exact) mass is 211 g/mol. The van der Waals surface area contributed by atoms with E-state index in [2.05, 4.69) is 15.5 Å². The molecule has 0 fully saturated rings. The molecule has 0 spiro atoms. The van der Waals surface area contributed by atoms with Crippen LogP contribution < -0.4 is 5.32 Å². The van der Waals surface area contributed by atoms with Crippen LogP contribution >= 0.6 is 0 Å². The van der Waals surface area contributed by atoms with E-state index in [4.69, 9.17) is 4.74 Å². The zero-order valence-electron chi connectivity index (χ0n) is 9.33. The number of nitrogens with zero attached hydrogens (tertiary/aromatic N) is 1. The van der Waals surface area contributed by atoms with Crippen LogP contribution in [0.1, 0.15) is 25.8 Å². The van der Waals surface area contributed by atoms with Gasteiger partial charge in [0.25, 0.3) is 0 Å². The first-order chi connectivity index (χ1) is 7.03. The molecule has 0 aliphatic carbocycles. The fraction of sp³-hybridized carbons (Fsp3) is 0.600. The summed E-state index contributed by atoms with van der Waals surface area (Å²) >= 11 is 0. The summed E-state index contributed by atoms with van der Waals surface area (Å²) in [5.41, 5.74) is 0.541. The molecule has 0 aliphatic rings. The highest BCUT2D eigenvalue weighted by Crippen LogP contribution is 2.12. The van der Waals surface area contributed by atoms with Gasteiger partial charge in [-0.25, -0.2) is 0 Å². The van der Waals surface area contributed by atoms with Crippen molar-refractivity contribution in [1.29, 1.82) is 0 Å². The second kappa shape index (κ2) is 4.93. The van der Waals surface area contributed by atoms with Crippen LogP contribution in [0.25, 0.3) is 0 Å². The van der Waals surface area contributed by atoms with E-state index >= 15 is 0 Å². The Morgan fingerprint density at radius 2 is 2.40 bits per heavy atom. The number of methoxy groups -OCH3 is 1. The molecule has 1 aromatic rings. The van der Waals surface area contributed by atoms with Crippen LogP contribution in [0, 0.1) is 0 Å². The molecule has 1 heterocycles. The summed E-state index contributed by atoms with van der Waals surface area (Å²) in [4.78, 5) is 11.5. The van der Waals surface area contributed by atoms with Gasteiger partial charge in [0.05, 0.1) is 18.2 Å². The molecule has 0 radical (unpaired) electrons. The lowest BCUT2D eigenvalue weighted by molar-refractivity contribution is -0.126. The van der Waals surface area contributed by atoms with Gasteiger partial charge in [-0.2, -0.15) is 5.10 Å². The Kier molecular flexibility index (Phi) is 3.85. The molecule has 1 rings (SSSR count). The topological polar surface area (TPSA) is 67.0 Å². The molecule has 1 aromatic heterocycles. The number of hydrogen-bond donors (Lipinski definition) is 2. The highest BCUT2D eigenvalue weighted by Gasteiger charge is 2.20. The van der Waals surface area contributed by atoms with Crippen molar-refractivity contribution in [3.63, 3.8) is 0 Å². The highest BCUT2D eigenvalue weighted by atomic mass is 16.5.